The fraction of sp³-hybridized carbons (Fsp3) is 0.529. The number of carbonyl (C=O) groups excluding carboxylic acids is 2. The molecule has 23 heavy (non-hydrogen) atoms. The fourth-order valence-electron chi connectivity index (χ4n) is 3.10. The van der Waals surface area contributed by atoms with Crippen LogP contribution in [-0.4, -0.2) is 44.7 Å². The third-order valence-corrected chi connectivity index (χ3v) is 4.41. The van der Waals surface area contributed by atoms with E-state index in [2.05, 4.69) is 5.32 Å². The molecule has 3 rings (SSSR count). The van der Waals surface area contributed by atoms with Gasteiger partial charge >= 0.3 is 0 Å². The quantitative estimate of drug-likeness (QED) is 0.832. The van der Waals surface area contributed by atoms with Gasteiger partial charge in [0, 0.05) is 31.5 Å². The predicted molar refractivity (Wildman–Crippen MR) is 85.4 cm³/mol. The molecule has 0 radical (unpaired) electrons. The van der Waals surface area contributed by atoms with Crippen molar-refractivity contribution in [3.63, 3.8) is 0 Å². The van der Waals surface area contributed by atoms with E-state index in [0.29, 0.717) is 25.3 Å². The van der Waals surface area contributed by atoms with E-state index in [1.54, 1.807) is 12.0 Å². The Morgan fingerprint density at radius 2 is 2.30 bits per heavy atom. The molecule has 2 amide bonds. The van der Waals surface area contributed by atoms with Gasteiger partial charge in [-0.15, -0.1) is 0 Å². The lowest BCUT2D eigenvalue weighted by Gasteiger charge is -2.18. The predicted octanol–water partition coefficient (Wildman–Crippen LogP) is 1.34. The molecule has 2 heterocycles. The number of rotatable bonds is 5. The molecule has 0 aromatic heterocycles. The van der Waals surface area contributed by atoms with E-state index in [1.807, 2.05) is 24.3 Å². The van der Waals surface area contributed by atoms with Crippen molar-refractivity contribution in [2.24, 2.45) is 5.92 Å². The maximum atomic E-state index is 12.5. The van der Waals surface area contributed by atoms with Crippen LogP contribution in [0.25, 0.3) is 0 Å². The first kappa shape index (κ1) is 15.8. The van der Waals surface area contributed by atoms with Crippen LogP contribution < -0.4 is 15.0 Å². The Balaban J connectivity index is 1.60. The van der Waals surface area contributed by atoms with Crippen LogP contribution in [-0.2, 0) is 14.3 Å². The molecule has 1 N–H and O–H groups in total. The van der Waals surface area contributed by atoms with Crippen molar-refractivity contribution in [1.29, 1.82) is 0 Å². The molecule has 0 spiro atoms. The van der Waals surface area contributed by atoms with Crippen LogP contribution in [0, 0.1) is 5.92 Å². The van der Waals surface area contributed by atoms with Gasteiger partial charge in [0.05, 0.1) is 13.2 Å². The number of carbonyl (C=O) groups is 2. The van der Waals surface area contributed by atoms with Crippen molar-refractivity contribution in [1.82, 2.24) is 5.32 Å². The standard InChI is InChI=1S/C17H22N2O4/c1-22-13-5-2-4-12(10-13)19-8-7-15(17(19)21)16(20)18-11-14-6-3-9-23-14/h2,4-5,10,14-15H,3,6-9,11H2,1H3,(H,18,20). The summed E-state index contributed by atoms with van der Waals surface area (Å²) < 4.78 is 10.7. The molecule has 2 aliphatic rings. The van der Waals surface area contributed by atoms with E-state index < -0.39 is 5.92 Å². The summed E-state index contributed by atoms with van der Waals surface area (Å²) in [6.07, 6.45) is 2.62. The number of hydrogen-bond donors (Lipinski definition) is 1. The molecule has 1 aromatic rings. The fourth-order valence-corrected chi connectivity index (χ4v) is 3.10. The summed E-state index contributed by atoms with van der Waals surface area (Å²) in [5.74, 6) is -0.261. The van der Waals surface area contributed by atoms with Crippen LogP contribution in [0.1, 0.15) is 19.3 Å². The molecule has 2 saturated heterocycles. The zero-order valence-electron chi connectivity index (χ0n) is 13.3. The number of nitrogens with zero attached hydrogens (tertiary/aromatic N) is 1. The molecule has 6 nitrogen and oxygen atoms in total. The van der Waals surface area contributed by atoms with Crippen molar-refractivity contribution in [3.8, 4) is 5.75 Å². The normalized spacial score (nSPS) is 24.0. The molecule has 0 aliphatic carbocycles. The Labute approximate surface area is 135 Å². The van der Waals surface area contributed by atoms with Gasteiger partial charge in [-0.3, -0.25) is 9.59 Å². The van der Waals surface area contributed by atoms with Gasteiger partial charge in [0.1, 0.15) is 11.7 Å². The summed E-state index contributed by atoms with van der Waals surface area (Å²) in [7, 11) is 1.59. The number of nitrogens with one attached hydrogen (secondary N) is 1. The van der Waals surface area contributed by atoms with Crippen LogP contribution in [0.4, 0.5) is 5.69 Å². The van der Waals surface area contributed by atoms with E-state index in [0.717, 1.165) is 25.1 Å². The smallest absolute Gasteiger partial charge is 0.239 e. The Hall–Kier alpha value is -2.08. The average Bonchev–Trinajstić information content (AvgIpc) is 3.22. The number of methoxy groups -OCH3 is 1. The summed E-state index contributed by atoms with van der Waals surface area (Å²) in [5.41, 5.74) is 0.767. The first-order valence-corrected chi connectivity index (χ1v) is 8.04. The van der Waals surface area contributed by atoms with Crippen molar-refractivity contribution < 1.29 is 19.1 Å². The monoisotopic (exact) mass is 318 g/mol. The number of amides is 2. The second kappa shape index (κ2) is 7.00. The molecule has 0 bridgehead atoms. The summed E-state index contributed by atoms with van der Waals surface area (Å²) in [4.78, 5) is 26.5. The molecule has 0 saturated carbocycles. The lowest BCUT2D eigenvalue weighted by atomic mass is 10.1. The van der Waals surface area contributed by atoms with Crippen molar-refractivity contribution >= 4 is 17.5 Å². The molecule has 124 valence electrons. The van der Waals surface area contributed by atoms with Gasteiger partial charge in [0.25, 0.3) is 0 Å². The van der Waals surface area contributed by atoms with E-state index in [9.17, 15) is 9.59 Å². The molecular weight excluding hydrogens is 296 g/mol. The Morgan fingerprint density at radius 3 is 3.04 bits per heavy atom. The Morgan fingerprint density at radius 1 is 1.43 bits per heavy atom. The largest absolute Gasteiger partial charge is 0.497 e. The van der Waals surface area contributed by atoms with Crippen molar-refractivity contribution in [2.75, 3.05) is 31.7 Å². The molecule has 2 aliphatic heterocycles. The maximum absolute atomic E-state index is 12.5. The van der Waals surface area contributed by atoms with Gasteiger partial charge in [0.15, 0.2) is 0 Å². The first-order chi connectivity index (χ1) is 11.2. The molecule has 2 fully saturated rings. The summed E-state index contributed by atoms with van der Waals surface area (Å²) in [6.45, 7) is 1.79. The van der Waals surface area contributed by atoms with E-state index in [-0.39, 0.29) is 17.9 Å². The van der Waals surface area contributed by atoms with Crippen LogP contribution >= 0.6 is 0 Å². The Bertz CT molecular complexity index is 584. The van der Waals surface area contributed by atoms with Crippen molar-refractivity contribution in [2.45, 2.75) is 25.4 Å². The van der Waals surface area contributed by atoms with Crippen LogP contribution in [0.2, 0.25) is 0 Å². The second-order valence-corrected chi connectivity index (χ2v) is 5.91. The van der Waals surface area contributed by atoms with Gasteiger partial charge in [-0.25, -0.2) is 0 Å². The summed E-state index contributed by atoms with van der Waals surface area (Å²) >= 11 is 0. The number of ether oxygens (including phenoxy) is 2. The van der Waals surface area contributed by atoms with Gasteiger partial charge < -0.3 is 19.7 Å². The third kappa shape index (κ3) is 3.47. The molecule has 2 atom stereocenters. The molecule has 1 aromatic carbocycles. The number of hydrogen-bond acceptors (Lipinski definition) is 4. The maximum Gasteiger partial charge on any atom is 0.239 e. The first-order valence-electron chi connectivity index (χ1n) is 8.04. The highest BCUT2D eigenvalue weighted by molar-refractivity contribution is 6.09. The van der Waals surface area contributed by atoms with Crippen LogP contribution in [0.5, 0.6) is 5.75 Å². The molecular formula is C17H22N2O4. The van der Waals surface area contributed by atoms with Gasteiger partial charge in [0.2, 0.25) is 11.8 Å². The highest BCUT2D eigenvalue weighted by Gasteiger charge is 2.37. The summed E-state index contributed by atoms with van der Waals surface area (Å²) in [6, 6.07) is 7.33. The average molecular weight is 318 g/mol. The highest BCUT2D eigenvalue weighted by atomic mass is 16.5. The Kier molecular flexibility index (Phi) is 4.81. The van der Waals surface area contributed by atoms with E-state index in [1.165, 1.54) is 0 Å². The SMILES string of the molecule is COc1cccc(N2CCC(C(=O)NCC3CCCO3)C2=O)c1. The minimum absolute atomic E-state index is 0.0879. The van der Waals surface area contributed by atoms with Gasteiger partial charge in [-0.1, -0.05) is 6.07 Å². The van der Waals surface area contributed by atoms with Crippen LogP contribution in [0.15, 0.2) is 24.3 Å². The van der Waals surface area contributed by atoms with E-state index in [4.69, 9.17) is 9.47 Å². The minimum atomic E-state index is -0.609. The molecule has 2 unspecified atom stereocenters. The third-order valence-electron chi connectivity index (χ3n) is 4.41. The minimum Gasteiger partial charge on any atom is -0.497 e. The zero-order chi connectivity index (χ0) is 16.2. The second-order valence-electron chi connectivity index (χ2n) is 5.91. The van der Waals surface area contributed by atoms with Crippen LogP contribution in [0.3, 0.4) is 0 Å². The van der Waals surface area contributed by atoms with Gasteiger partial charge in [-0.2, -0.15) is 0 Å². The lowest BCUT2D eigenvalue weighted by Crippen LogP contribution is -2.39. The zero-order valence-corrected chi connectivity index (χ0v) is 13.3. The lowest BCUT2D eigenvalue weighted by molar-refractivity contribution is -0.132. The van der Waals surface area contributed by atoms with E-state index >= 15 is 0 Å². The molecule has 6 heteroatoms. The number of benzene rings is 1. The summed E-state index contributed by atoms with van der Waals surface area (Å²) in [5, 5.41) is 2.86. The number of anilines is 1. The highest BCUT2D eigenvalue weighted by Crippen LogP contribution is 2.28. The van der Waals surface area contributed by atoms with Gasteiger partial charge in [-0.05, 0) is 31.4 Å². The van der Waals surface area contributed by atoms with Crippen molar-refractivity contribution in [3.05, 3.63) is 24.3 Å². The topological polar surface area (TPSA) is 67.9 Å².